The van der Waals surface area contributed by atoms with E-state index in [1.165, 1.54) is 4.88 Å². The van der Waals surface area contributed by atoms with E-state index in [1.807, 2.05) is 73.0 Å². The van der Waals surface area contributed by atoms with Crippen molar-refractivity contribution in [2.24, 2.45) is 0 Å². The van der Waals surface area contributed by atoms with E-state index >= 15 is 0 Å². The quantitative estimate of drug-likeness (QED) is 0.729. The zero-order chi connectivity index (χ0) is 15.4. The normalized spacial score (nSPS) is 11.9. The molecule has 110 valence electrons. The van der Waals surface area contributed by atoms with Crippen LogP contribution in [-0.2, 0) is 0 Å². The first kappa shape index (κ1) is 14.5. The highest BCUT2D eigenvalue weighted by Crippen LogP contribution is 2.25. The Kier molecular flexibility index (Phi) is 4.35. The molecule has 0 bridgehead atoms. The van der Waals surface area contributed by atoms with Crippen molar-refractivity contribution < 1.29 is 4.79 Å². The van der Waals surface area contributed by atoms with Crippen LogP contribution in [-0.4, -0.2) is 5.91 Å². The molecule has 1 atom stereocenters. The molecule has 0 aliphatic rings. The number of nitrogens with one attached hydrogen (secondary N) is 1. The minimum atomic E-state index is -0.0465. The summed E-state index contributed by atoms with van der Waals surface area (Å²) in [5, 5.41) is 5.09. The van der Waals surface area contributed by atoms with Gasteiger partial charge in [-0.15, -0.1) is 11.3 Å². The summed E-state index contributed by atoms with van der Waals surface area (Å²) < 4.78 is 0. The molecule has 3 rings (SSSR count). The van der Waals surface area contributed by atoms with Gasteiger partial charge in [0.15, 0.2) is 0 Å². The van der Waals surface area contributed by atoms with Gasteiger partial charge in [-0.1, -0.05) is 48.5 Å². The van der Waals surface area contributed by atoms with E-state index in [0.717, 1.165) is 11.1 Å². The van der Waals surface area contributed by atoms with Crippen molar-refractivity contribution in [1.29, 1.82) is 0 Å². The fourth-order valence-electron chi connectivity index (χ4n) is 2.36. The molecule has 2 aromatic carbocycles. The average molecular weight is 307 g/mol. The van der Waals surface area contributed by atoms with E-state index < -0.39 is 0 Å². The zero-order valence-corrected chi connectivity index (χ0v) is 13.1. The predicted molar refractivity (Wildman–Crippen MR) is 92.1 cm³/mol. The summed E-state index contributed by atoms with van der Waals surface area (Å²) in [5.74, 6) is -0.0465. The molecule has 0 spiro atoms. The molecule has 3 aromatic rings. The molecule has 1 aromatic heterocycles. The summed E-state index contributed by atoms with van der Waals surface area (Å²) in [6.07, 6.45) is 0. The van der Waals surface area contributed by atoms with Crippen LogP contribution < -0.4 is 5.32 Å². The Bertz CT molecular complexity index is 750. The van der Waals surface area contributed by atoms with E-state index in [9.17, 15) is 4.79 Å². The molecule has 2 nitrogen and oxygen atoms in total. The summed E-state index contributed by atoms with van der Waals surface area (Å²) >= 11 is 1.68. The van der Waals surface area contributed by atoms with Gasteiger partial charge in [0, 0.05) is 10.4 Å². The van der Waals surface area contributed by atoms with Crippen LogP contribution in [0.1, 0.15) is 28.9 Å². The molecule has 0 aliphatic heterocycles. The third-order valence-corrected chi connectivity index (χ3v) is 4.50. The third kappa shape index (κ3) is 3.26. The number of thiophene rings is 1. The molecule has 22 heavy (non-hydrogen) atoms. The van der Waals surface area contributed by atoms with Gasteiger partial charge in [0.2, 0.25) is 0 Å². The summed E-state index contributed by atoms with van der Waals surface area (Å²) in [7, 11) is 0. The number of rotatable bonds is 4. The number of hydrogen-bond acceptors (Lipinski definition) is 2. The average Bonchev–Trinajstić information content (AvgIpc) is 3.10. The lowest BCUT2D eigenvalue weighted by Gasteiger charge is -2.14. The van der Waals surface area contributed by atoms with Crippen molar-refractivity contribution in [2.75, 3.05) is 0 Å². The van der Waals surface area contributed by atoms with Crippen molar-refractivity contribution >= 4 is 17.2 Å². The molecule has 0 saturated carbocycles. The largest absolute Gasteiger partial charge is 0.346 e. The summed E-state index contributed by atoms with van der Waals surface area (Å²) in [6, 6.07) is 21.8. The smallest absolute Gasteiger partial charge is 0.251 e. The Morgan fingerprint density at radius 1 is 1.00 bits per heavy atom. The van der Waals surface area contributed by atoms with Gasteiger partial charge in [0.05, 0.1) is 6.04 Å². The third-order valence-electron chi connectivity index (χ3n) is 3.58. The standard InChI is InChI=1S/C19H17NOS/c1-14(15-7-3-2-4-8-15)20-19(21)17-10-5-9-16(13-17)18-11-6-12-22-18/h2-14H,1H3,(H,20,21)/t14-/m1/s1. The van der Waals surface area contributed by atoms with Crippen molar-refractivity contribution in [1.82, 2.24) is 5.32 Å². The van der Waals surface area contributed by atoms with E-state index in [2.05, 4.69) is 11.4 Å². The van der Waals surface area contributed by atoms with Gasteiger partial charge in [-0.2, -0.15) is 0 Å². The number of hydrogen-bond donors (Lipinski definition) is 1. The Morgan fingerprint density at radius 2 is 1.82 bits per heavy atom. The zero-order valence-electron chi connectivity index (χ0n) is 12.3. The predicted octanol–water partition coefficient (Wildman–Crippen LogP) is 4.91. The van der Waals surface area contributed by atoms with Crippen molar-refractivity contribution in [3.05, 3.63) is 83.2 Å². The van der Waals surface area contributed by atoms with Crippen molar-refractivity contribution in [2.45, 2.75) is 13.0 Å². The molecule has 3 heteroatoms. The van der Waals surface area contributed by atoms with E-state index in [4.69, 9.17) is 0 Å². The monoisotopic (exact) mass is 307 g/mol. The van der Waals surface area contributed by atoms with Gasteiger partial charge >= 0.3 is 0 Å². The highest BCUT2D eigenvalue weighted by Gasteiger charge is 2.12. The molecule has 0 aliphatic carbocycles. The topological polar surface area (TPSA) is 29.1 Å². The molecule has 1 amide bonds. The lowest BCUT2D eigenvalue weighted by Crippen LogP contribution is -2.26. The van der Waals surface area contributed by atoms with Crippen LogP contribution in [0, 0.1) is 0 Å². The maximum atomic E-state index is 12.4. The molecular formula is C19H17NOS. The molecule has 0 radical (unpaired) electrons. The second kappa shape index (κ2) is 6.58. The first-order valence-electron chi connectivity index (χ1n) is 7.24. The highest BCUT2D eigenvalue weighted by molar-refractivity contribution is 7.13. The molecular weight excluding hydrogens is 290 g/mol. The highest BCUT2D eigenvalue weighted by atomic mass is 32.1. The van der Waals surface area contributed by atoms with Gasteiger partial charge in [0.25, 0.3) is 5.91 Å². The summed E-state index contributed by atoms with van der Waals surface area (Å²) in [6.45, 7) is 2.00. The van der Waals surface area contributed by atoms with Crippen molar-refractivity contribution in [3.8, 4) is 10.4 Å². The van der Waals surface area contributed by atoms with Crippen LogP contribution in [0.5, 0.6) is 0 Å². The fraction of sp³-hybridized carbons (Fsp3) is 0.105. The Balaban J connectivity index is 1.77. The van der Waals surface area contributed by atoms with Gasteiger partial charge in [0.1, 0.15) is 0 Å². The van der Waals surface area contributed by atoms with Crippen LogP contribution in [0.25, 0.3) is 10.4 Å². The van der Waals surface area contributed by atoms with Gasteiger partial charge in [-0.25, -0.2) is 0 Å². The molecule has 1 N–H and O–H groups in total. The number of amides is 1. The van der Waals surface area contributed by atoms with Crippen molar-refractivity contribution in [3.63, 3.8) is 0 Å². The van der Waals surface area contributed by atoms with Crippen LogP contribution in [0.2, 0.25) is 0 Å². The molecule has 0 saturated heterocycles. The van der Waals surface area contributed by atoms with Gasteiger partial charge in [-0.3, -0.25) is 4.79 Å². The second-order valence-corrected chi connectivity index (χ2v) is 6.11. The Labute approximate surface area is 134 Å². The maximum absolute atomic E-state index is 12.4. The molecule has 0 fully saturated rings. The minimum Gasteiger partial charge on any atom is -0.346 e. The van der Waals surface area contributed by atoms with Crippen LogP contribution in [0.4, 0.5) is 0 Å². The fourth-order valence-corrected chi connectivity index (χ4v) is 3.09. The minimum absolute atomic E-state index is 0.0147. The van der Waals surface area contributed by atoms with E-state index in [1.54, 1.807) is 11.3 Å². The first-order chi connectivity index (χ1) is 10.7. The Hall–Kier alpha value is -2.39. The van der Waals surface area contributed by atoms with E-state index in [-0.39, 0.29) is 11.9 Å². The second-order valence-electron chi connectivity index (χ2n) is 5.16. The van der Waals surface area contributed by atoms with Crippen LogP contribution in [0.15, 0.2) is 72.1 Å². The lowest BCUT2D eigenvalue weighted by atomic mass is 10.1. The number of carbonyl (C=O) groups is 1. The molecule has 1 heterocycles. The molecule has 0 unspecified atom stereocenters. The summed E-state index contributed by atoms with van der Waals surface area (Å²) in [5.41, 5.74) is 2.87. The van der Waals surface area contributed by atoms with Gasteiger partial charge < -0.3 is 5.32 Å². The van der Waals surface area contributed by atoms with Crippen LogP contribution in [0.3, 0.4) is 0 Å². The SMILES string of the molecule is C[C@@H](NC(=O)c1cccc(-c2cccs2)c1)c1ccccc1. The van der Waals surface area contributed by atoms with Gasteiger partial charge in [-0.05, 0) is 41.6 Å². The summed E-state index contributed by atoms with van der Waals surface area (Å²) in [4.78, 5) is 13.6. The lowest BCUT2D eigenvalue weighted by molar-refractivity contribution is 0.0940. The number of benzene rings is 2. The number of carbonyl (C=O) groups excluding carboxylic acids is 1. The van der Waals surface area contributed by atoms with Crippen LogP contribution >= 0.6 is 11.3 Å². The maximum Gasteiger partial charge on any atom is 0.251 e. The Morgan fingerprint density at radius 3 is 2.55 bits per heavy atom. The first-order valence-corrected chi connectivity index (χ1v) is 8.12. The van der Waals surface area contributed by atoms with E-state index in [0.29, 0.717) is 5.56 Å².